The van der Waals surface area contributed by atoms with Crippen molar-refractivity contribution >= 4 is 27.9 Å². The van der Waals surface area contributed by atoms with E-state index in [0.29, 0.717) is 25.4 Å². The number of halogens is 1. The van der Waals surface area contributed by atoms with Gasteiger partial charge in [-0.05, 0) is 43.4 Å². The maximum Gasteiger partial charge on any atom is 0.315 e. The van der Waals surface area contributed by atoms with Gasteiger partial charge >= 0.3 is 6.03 Å². The van der Waals surface area contributed by atoms with Gasteiger partial charge in [0.15, 0.2) is 0 Å². The molecule has 1 aliphatic rings. The number of benzene rings is 1. The second-order valence-corrected chi connectivity index (χ2v) is 7.83. The molecule has 1 aromatic carbocycles. The minimum Gasteiger partial charge on any atom is -0.349 e. The van der Waals surface area contributed by atoms with Crippen molar-refractivity contribution < 1.29 is 9.59 Å². The predicted molar refractivity (Wildman–Crippen MR) is 108 cm³/mol. The summed E-state index contributed by atoms with van der Waals surface area (Å²) >= 11 is 3.43. The van der Waals surface area contributed by atoms with Gasteiger partial charge in [-0.3, -0.25) is 4.79 Å². The van der Waals surface area contributed by atoms with Crippen LogP contribution >= 0.6 is 15.9 Å². The molecule has 3 N–H and O–H groups in total. The van der Waals surface area contributed by atoms with Crippen molar-refractivity contribution in [3.63, 3.8) is 0 Å². The lowest BCUT2D eigenvalue weighted by Crippen LogP contribution is -2.43. The van der Waals surface area contributed by atoms with Crippen molar-refractivity contribution in [3.8, 4) is 0 Å². The molecule has 0 aliphatic heterocycles. The van der Waals surface area contributed by atoms with Gasteiger partial charge < -0.3 is 16.0 Å². The van der Waals surface area contributed by atoms with Gasteiger partial charge in [0.1, 0.15) is 0 Å². The third-order valence-corrected chi connectivity index (χ3v) is 5.35. The Bertz CT molecular complexity index is 571. The lowest BCUT2D eigenvalue weighted by atomic mass is 9.96. The number of rotatable bonds is 8. The van der Waals surface area contributed by atoms with E-state index in [0.717, 1.165) is 29.3 Å². The Morgan fingerprint density at radius 3 is 2.50 bits per heavy atom. The number of carbonyl (C=O) groups is 2. The molecule has 0 saturated heterocycles. The van der Waals surface area contributed by atoms with Crippen LogP contribution in [0.5, 0.6) is 0 Å². The van der Waals surface area contributed by atoms with Crippen LogP contribution in [0.25, 0.3) is 0 Å². The van der Waals surface area contributed by atoms with E-state index in [1.165, 1.54) is 19.3 Å². The summed E-state index contributed by atoms with van der Waals surface area (Å²) in [6.45, 7) is 2.57. The molecule has 1 aliphatic carbocycles. The molecule has 3 amide bonds. The molecule has 0 spiro atoms. The minimum atomic E-state index is -0.112. The first-order chi connectivity index (χ1) is 12.6. The zero-order valence-corrected chi connectivity index (χ0v) is 17.1. The molecule has 144 valence electrons. The first-order valence-corrected chi connectivity index (χ1v) is 10.5. The molecule has 1 unspecified atom stereocenters. The van der Waals surface area contributed by atoms with Crippen LogP contribution in [0.2, 0.25) is 0 Å². The van der Waals surface area contributed by atoms with Gasteiger partial charge in [-0.2, -0.15) is 0 Å². The van der Waals surface area contributed by atoms with Gasteiger partial charge in [0, 0.05) is 23.5 Å². The molecule has 1 atom stereocenters. The van der Waals surface area contributed by atoms with Gasteiger partial charge in [0.25, 0.3) is 0 Å². The fourth-order valence-electron chi connectivity index (χ4n) is 3.32. The Hall–Kier alpha value is -1.56. The smallest absolute Gasteiger partial charge is 0.315 e. The first kappa shape index (κ1) is 20.7. The third-order valence-electron chi connectivity index (χ3n) is 4.82. The average molecular weight is 424 g/mol. The van der Waals surface area contributed by atoms with Crippen LogP contribution in [-0.4, -0.2) is 24.5 Å². The topological polar surface area (TPSA) is 70.2 Å². The van der Waals surface area contributed by atoms with E-state index in [1.807, 2.05) is 24.3 Å². The molecule has 0 heterocycles. The lowest BCUT2D eigenvalue weighted by Gasteiger charge is -2.22. The highest BCUT2D eigenvalue weighted by atomic mass is 79.9. The van der Waals surface area contributed by atoms with Crippen molar-refractivity contribution in [1.82, 2.24) is 16.0 Å². The highest BCUT2D eigenvalue weighted by Crippen LogP contribution is 2.19. The van der Waals surface area contributed by atoms with Crippen LogP contribution in [0.1, 0.15) is 69.9 Å². The quantitative estimate of drug-likeness (QED) is 0.541. The van der Waals surface area contributed by atoms with Crippen LogP contribution in [0.15, 0.2) is 28.7 Å². The Morgan fingerprint density at radius 2 is 1.85 bits per heavy atom. The number of hydrogen-bond acceptors (Lipinski definition) is 2. The number of carbonyl (C=O) groups excluding carboxylic acids is 2. The van der Waals surface area contributed by atoms with Crippen LogP contribution in [0.3, 0.4) is 0 Å². The molecule has 5 nitrogen and oxygen atoms in total. The summed E-state index contributed by atoms with van der Waals surface area (Å²) in [5.74, 6) is 0.0225. The van der Waals surface area contributed by atoms with E-state index < -0.39 is 0 Å². The highest BCUT2D eigenvalue weighted by Gasteiger charge is 2.15. The number of amides is 3. The number of hydrogen-bond donors (Lipinski definition) is 3. The van der Waals surface area contributed by atoms with Gasteiger partial charge in [-0.25, -0.2) is 4.79 Å². The van der Waals surface area contributed by atoms with E-state index in [2.05, 4.69) is 38.8 Å². The molecule has 2 rings (SSSR count). The fraction of sp³-hybridized carbons (Fsp3) is 0.600. The summed E-state index contributed by atoms with van der Waals surface area (Å²) in [6.07, 6.45) is 7.71. The zero-order valence-electron chi connectivity index (χ0n) is 15.5. The summed E-state index contributed by atoms with van der Waals surface area (Å²) in [7, 11) is 0. The Kier molecular flexibility index (Phi) is 8.95. The van der Waals surface area contributed by atoms with Crippen LogP contribution in [-0.2, 0) is 4.79 Å². The third kappa shape index (κ3) is 7.36. The molecule has 1 aromatic rings. The summed E-state index contributed by atoms with van der Waals surface area (Å²) in [6, 6.07) is 8.24. The maximum absolute atomic E-state index is 12.2. The monoisotopic (exact) mass is 423 g/mol. The molecule has 6 heteroatoms. The number of urea groups is 1. The molecule has 26 heavy (non-hydrogen) atoms. The number of nitrogens with one attached hydrogen (secondary N) is 3. The summed E-state index contributed by atoms with van der Waals surface area (Å²) < 4.78 is 1.03. The van der Waals surface area contributed by atoms with Gasteiger partial charge in [0.2, 0.25) is 5.91 Å². The van der Waals surface area contributed by atoms with Gasteiger partial charge in [-0.15, -0.1) is 0 Å². The molecule has 0 radical (unpaired) electrons. The van der Waals surface area contributed by atoms with Crippen molar-refractivity contribution in [2.24, 2.45) is 0 Å². The van der Waals surface area contributed by atoms with Crippen molar-refractivity contribution in [2.45, 2.75) is 70.4 Å². The maximum atomic E-state index is 12.2. The second kappa shape index (κ2) is 11.2. The van der Waals surface area contributed by atoms with Crippen molar-refractivity contribution in [3.05, 3.63) is 34.3 Å². The zero-order chi connectivity index (χ0) is 18.8. The van der Waals surface area contributed by atoms with E-state index >= 15 is 0 Å². The second-order valence-electron chi connectivity index (χ2n) is 6.92. The Balaban J connectivity index is 1.63. The van der Waals surface area contributed by atoms with Crippen molar-refractivity contribution in [2.75, 3.05) is 6.54 Å². The standard InChI is InChI=1S/C20H30BrN3O2/c1-2-18(15-10-12-16(21)13-11-15)24-19(25)9-6-14-22-20(26)23-17-7-4-3-5-8-17/h10-13,17-18H,2-9,14H2,1H3,(H,24,25)(H2,22,23,26). The Labute approximate surface area is 164 Å². The highest BCUT2D eigenvalue weighted by molar-refractivity contribution is 9.10. The van der Waals surface area contributed by atoms with Crippen LogP contribution in [0, 0.1) is 0 Å². The SMILES string of the molecule is CCC(NC(=O)CCCNC(=O)NC1CCCCC1)c1ccc(Br)cc1. The largest absolute Gasteiger partial charge is 0.349 e. The molecule has 1 saturated carbocycles. The van der Waals surface area contributed by atoms with E-state index in [-0.39, 0.29) is 18.0 Å². The van der Waals surface area contributed by atoms with E-state index in [1.54, 1.807) is 0 Å². The van der Waals surface area contributed by atoms with Gasteiger partial charge in [-0.1, -0.05) is 54.2 Å². The van der Waals surface area contributed by atoms with Crippen LogP contribution in [0.4, 0.5) is 4.79 Å². The molecular weight excluding hydrogens is 394 g/mol. The first-order valence-electron chi connectivity index (χ1n) is 9.67. The molecule has 0 bridgehead atoms. The summed E-state index contributed by atoms with van der Waals surface area (Å²) in [5, 5.41) is 8.95. The van der Waals surface area contributed by atoms with Crippen LogP contribution < -0.4 is 16.0 Å². The van der Waals surface area contributed by atoms with Gasteiger partial charge in [0.05, 0.1) is 6.04 Å². The fourth-order valence-corrected chi connectivity index (χ4v) is 3.58. The molecule has 0 aromatic heterocycles. The minimum absolute atomic E-state index is 0.0225. The molecular formula is C20H30BrN3O2. The summed E-state index contributed by atoms with van der Waals surface area (Å²) in [5.41, 5.74) is 1.11. The van der Waals surface area contributed by atoms with Crippen molar-refractivity contribution in [1.29, 1.82) is 0 Å². The predicted octanol–water partition coefficient (Wildman–Crippen LogP) is 4.43. The Morgan fingerprint density at radius 1 is 1.15 bits per heavy atom. The average Bonchev–Trinajstić information content (AvgIpc) is 2.65. The van der Waals surface area contributed by atoms with E-state index in [9.17, 15) is 9.59 Å². The summed E-state index contributed by atoms with van der Waals surface area (Å²) in [4.78, 5) is 24.0. The lowest BCUT2D eigenvalue weighted by molar-refractivity contribution is -0.121. The normalized spacial score (nSPS) is 15.9. The van der Waals surface area contributed by atoms with E-state index in [4.69, 9.17) is 0 Å². The molecule has 1 fully saturated rings.